The second-order valence-corrected chi connectivity index (χ2v) is 8.10. The molecule has 0 saturated carbocycles. The van der Waals surface area contributed by atoms with Crippen LogP contribution >= 0.6 is 11.6 Å². The normalized spacial score (nSPS) is 18.9. The number of nitrogens with one attached hydrogen (secondary N) is 1. The first kappa shape index (κ1) is 20.4. The molecular weight excluding hydrogens is 402 g/mol. The van der Waals surface area contributed by atoms with Crippen molar-refractivity contribution in [1.29, 1.82) is 0 Å². The minimum atomic E-state index is -0.430. The number of rotatable bonds is 5. The number of nitrogens with zero attached hydrogens (tertiary/aromatic N) is 2. The summed E-state index contributed by atoms with van der Waals surface area (Å²) in [5.74, 6) is -0.621. The third-order valence-electron chi connectivity index (χ3n) is 5.74. The van der Waals surface area contributed by atoms with Crippen molar-refractivity contribution in [3.8, 4) is 0 Å². The average Bonchev–Trinajstić information content (AvgIpc) is 3.33. The lowest BCUT2D eigenvalue weighted by molar-refractivity contribution is -0.122. The summed E-state index contributed by atoms with van der Waals surface area (Å²) in [6.07, 6.45) is 2.35. The molecule has 3 amide bonds. The van der Waals surface area contributed by atoms with E-state index in [1.54, 1.807) is 28.0 Å². The van der Waals surface area contributed by atoms with E-state index in [0.29, 0.717) is 35.9 Å². The topological polar surface area (TPSA) is 69.7 Å². The van der Waals surface area contributed by atoms with Crippen molar-refractivity contribution >= 4 is 46.4 Å². The number of carbonyl (C=O) groups excluding carboxylic acids is 3. The van der Waals surface area contributed by atoms with Crippen LogP contribution in [0.15, 0.2) is 42.5 Å². The summed E-state index contributed by atoms with van der Waals surface area (Å²) in [5.41, 5.74) is 3.18. The molecule has 0 aromatic heterocycles. The third-order valence-corrected chi connectivity index (χ3v) is 6.04. The highest BCUT2D eigenvalue weighted by Crippen LogP contribution is 2.33. The van der Waals surface area contributed by atoms with Gasteiger partial charge in [-0.15, -0.1) is 0 Å². The fraction of sp³-hybridized carbons (Fsp3) is 0.348. The number of carbonyl (C=O) groups is 3. The molecule has 6 nitrogen and oxygen atoms in total. The van der Waals surface area contributed by atoms with Crippen LogP contribution in [0.25, 0.3) is 0 Å². The van der Waals surface area contributed by atoms with Crippen molar-refractivity contribution in [1.82, 2.24) is 0 Å². The summed E-state index contributed by atoms with van der Waals surface area (Å²) >= 11 is 6.37. The van der Waals surface area contributed by atoms with Crippen LogP contribution in [0.1, 0.15) is 31.7 Å². The molecule has 2 saturated heterocycles. The van der Waals surface area contributed by atoms with E-state index in [2.05, 4.69) is 5.32 Å². The number of anilines is 3. The summed E-state index contributed by atoms with van der Waals surface area (Å²) in [7, 11) is 0. The van der Waals surface area contributed by atoms with Crippen molar-refractivity contribution in [3.63, 3.8) is 0 Å². The largest absolute Gasteiger partial charge is 0.326 e. The van der Waals surface area contributed by atoms with Crippen LogP contribution in [0.2, 0.25) is 5.02 Å². The second-order valence-electron chi connectivity index (χ2n) is 7.69. The Hall–Kier alpha value is -2.86. The van der Waals surface area contributed by atoms with E-state index in [4.69, 9.17) is 11.6 Å². The maximum absolute atomic E-state index is 12.8. The fourth-order valence-electron chi connectivity index (χ4n) is 4.14. The van der Waals surface area contributed by atoms with Crippen molar-refractivity contribution in [2.24, 2.45) is 5.92 Å². The molecule has 0 spiro atoms. The highest BCUT2D eigenvalue weighted by Gasteiger charge is 2.36. The SMILES string of the molecule is CCc1ccccc1N1C[C@@H](C(=O)Nc2ccc(N3CCCC3=O)c(Cl)c2)CC1=O. The molecule has 7 heteroatoms. The molecule has 0 aliphatic carbocycles. The molecule has 2 aromatic rings. The zero-order valence-corrected chi connectivity index (χ0v) is 17.6. The monoisotopic (exact) mass is 425 g/mol. The van der Waals surface area contributed by atoms with Gasteiger partial charge in [-0.3, -0.25) is 14.4 Å². The summed E-state index contributed by atoms with van der Waals surface area (Å²) in [4.78, 5) is 40.7. The van der Waals surface area contributed by atoms with Crippen LogP contribution < -0.4 is 15.1 Å². The number of benzene rings is 2. The Morgan fingerprint density at radius 3 is 2.60 bits per heavy atom. The second kappa shape index (κ2) is 8.48. The van der Waals surface area contributed by atoms with E-state index in [9.17, 15) is 14.4 Å². The van der Waals surface area contributed by atoms with Crippen molar-refractivity contribution in [2.75, 3.05) is 28.2 Å². The maximum Gasteiger partial charge on any atom is 0.229 e. The third kappa shape index (κ3) is 3.92. The first-order valence-electron chi connectivity index (χ1n) is 10.3. The van der Waals surface area contributed by atoms with E-state index >= 15 is 0 Å². The molecule has 4 rings (SSSR count). The Morgan fingerprint density at radius 1 is 1.10 bits per heavy atom. The Morgan fingerprint density at radius 2 is 1.90 bits per heavy atom. The smallest absolute Gasteiger partial charge is 0.229 e. The number of hydrogen-bond acceptors (Lipinski definition) is 3. The first-order valence-corrected chi connectivity index (χ1v) is 10.6. The van der Waals surface area contributed by atoms with Crippen molar-refractivity contribution < 1.29 is 14.4 Å². The highest BCUT2D eigenvalue weighted by molar-refractivity contribution is 6.34. The van der Waals surface area contributed by atoms with Crippen molar-refractivity contribution in [3.05, 3.63) is 53.1 Å². The van der Waals surface area contributed by atoms with Gasteiger partial charge in [0.1, 0.15) is 0 Å². The summed E-state index contributed by atoms with van der Waals surface area (Å²) in [5, 5.41) is 3.29. The average molecular weight is 426 g/mol. The molecule has 0 bridgehead atoms. The number of halogens is 1. The molecule has 2 aliphatic heterocycles. The lowest BCUT2D eigenvalue weighted by atomic mass is 10.1. The van der Waals surface area contributed by atoms with Gasteiger partial charge in [-0.05, 0) is 42.7 Å². The van der Waals surface area contributed by atoms with Gasteiger partial charge in [0.25, 0.3) is 0 Å². The minimum Gasteiger partial charge on any atom is -0.326 e. The Bertz CT molecular complexity index is 1010. The van der Waals surface area contributed by atoms with Crippen LogP contribution in [0.4, 0.5) is 17.1 Å². The zero-order chi connectivity index (χ0) is 21.3. The van der Waals surface area contributed by atoms with Crippen molar-refractivity contribution in [2.45, 2.75) is 32.6 Å². The fourth-order valence-corrected chi connectivity index (χ4v) is 4.42. The molecule has 2 heterocycles. The number of hydrogen-bond donors (Lipinski definition) is 1. The Labute approximate surface area is 180 Å². The first-order chi connectivity index (χ1) is 14.5. The molecule has 2 aromatic carbocycles. The van der Waals surface area contributed by atoms with Crippen LogP contribution in [0.3, 0.4) is 0 Å². The molecule has 2 fully saturated rings. The van der Waals surface area contributed by atoms with Gasteiger partial charge in [-0.2, -0.15) is 0 Å². The van der Waals surface area contributed by atoms with E-state index < -0.39 is 5.92 Å². The molecule has 30 heavy (non-hydrogen) atoms. The van der Waals surface area contributed by atoms with Gasteiger partial charge in [0.15, 0.2) is 0 Å². The minimum absolute atomic E-state index is 0.0445. The van der Waals surface area contributed by atoms with E-state index in [1.165, 1.54) is 0 Å². The lowest BCUT2D eigenvalue weighted by Crippen LogP contribution is -2.28. The van der Waals surface area contributed by atoms with Gasteiger partial charge < -0.3 is 15.1 Å². The standard InChI is InChI=1S/C23H24ClN3O3/c1-2-15-6-3-4-7-19(15)27-14-16(12-22(27)29)23(30)25-17-9-10-20(18(24)13-17)26-11-5-8-21(26)28/h3-4,6-7,9-10,13,16H,2,5,8,11-12,14H2,1H3,(H,25,30)/t16-/m0/s1. The summed E-state index contributed by atoms with van der Waals surface area (Å²) in [6.45, 7) is 3.06. The Kier molecular flexibility index (Phi) is 5.77. The highest BCUT2D eigenvalue weighted by atomic mass is 35.5. The molecular formula is C23H24ClN3O3. The number of aryl methyl sites for hydroxylation is 1. The zero-order valence-electron chi connectivity index (χ0n) is 16.9. The van der Waals surface area contributed by atoms with E-state index in [1.807, 2.05) is 31.2 Å². The number of para-hydroxylation sites is 1. The van der Waals surface area contributed by atoms with Crippen LogP contribution in [0, 0.1) is 5.92 Å². The van der Waals surface area contributed by atoms with Crippen LogP contribution in [-0.2, 0) is 20.8 Å². The molecule has 2 aliphatic rings. The van der Waals surface area contributed by atoms with Gasteiger partial charge in [0.2, 0.25) is 17.7 Å². The predicted molar refractivity (Wildman–Crippen MR) is 118 cm³/mol. The summed E-state index contributed by atoms with van der Waals surface area (Å²) < 4.78 is 0. The number of amides is 3. The van der Waals surface area contributed by atoms with Crippen LogP contribution in [-0.4, -0.2) is 30.8 Å². The molecule has 1 atom stereocenters. The molecule has 1 N–H and O–H groups in total. The van der Waals surface area contributed by atoms with Gasteiger partial charge in [0.05, 0.1) is 16.6 Å². The molecule has 156 valence electrons. The molecule has 0 radical (unpaired) electrons. The van der Waals surface area contributed by atoms with Crippen LogP contribution in [0.5, 0.6) is 0 Å². The molecule has 0 unspecified atom stereocenters. The lowest BCUT2D eigenvalue weighted by Gasteiger charge is -2.20. The van der Waals surface area contributed by atoms with E-state index in [0.717, 1.165) is 24.1 Å². The summed E-state index contributed by atoms with van der Waals surface area (Å²) in [6, 6.07) is 12.9. The van der Waals surface area contributed by atoms with E-state index in [-0.39, 0.29) is 24.1 Å². The predicted octanol–water partition coefficient (Wildman–Crippen LogP) is 4.02. The quantitative estimate of drug-likeness (QED) is 0.786. The Balaban J connectivity index is 1.45. The van der Waals surface area contributed by atoms with Gasteiger partial charge >= 0.3 is 0 Å². The van der Waals surface area contributed by atoms with Gasteiger partial charge in [-0.1, -0.05) is 36.7 Å². The van der Waals surface area contributed by atoms with Gasteiger partial charge in [0, 0.05) is 37.3 Å². The maximum atomic E-state index is 12.8. The van der Waals surface area contributed by atoms with Gasteiger partial charge in [-0.25, -0.2) is 0 Å².